The summed E-state index contributed by atoms with van der Waals surface area (Å²) in [6.07, 6.45) is 11.1. The van der Waals surface area contributed by atoms with Gasteiger partial charge in [-0.3, -0.25) is 0 Å². The molecule has 1 aromatic carbocycles. The number of rotatable bonds is 4. The van der Waals surface area contributed by atoms with Gasteiger partial charge in [-0.1, -0.05) is 90.0 Å². The van der Waals surface area contributed by atoms with E-state index in [1.54, 1.807) is 16.3 Å². The van der Waals surface area contributed by atoms with E-state index in [0.29, 0.717) is 0 Å². The molecule has 1 heteroatoms. The molecule has 0 heterocycles. The molecule has 1 saturated carbocycles. The summed E-state index contributed by atoms with van der Waals surface area (Å²) in [6.45, 7) is 4.64. The molecule has 1 unspecified atom stereocenters. The van der Waals surface area contributed by atoms with Crippen LogP contribution in [0.15, 0.2) is 52.8 Å². The summed E-state index contributed by atoms with van der Waals surface area (Å²) in [5.74, 6) is 0.997. The first-order valence-electron chi connectivity index (χ1n) is 8.66. The highest BCUT2D eigenvalue weighted by atomic mass is 28.3. The molecule has 2 aliphatic carbocycles. The van der Waals surface area contributed by atoms with E-state index in [0.717, 1.165) is 5.92 Å². The van der Waals surface area contributed by atoms with Gasteiger partial charge in [0.15, 0.2) is 0 Å². The van der Waals surface area contributed by atoms with E-state index in [9.17, 15) is 0 Å². The van der Waals surface area contributed by atoms with Crippen molar-refractivity contribution in [3.8, 4) is 0 Å². The summed E-state index contributed by atoms with van der Waals surface area (Å²) in [6, 6.07) is 12.9. The first kappa shape index (κ1) is 14.8. The standard InChI is InChI=1S/C20H28Si/c1-16-13-17(2)20(14-16)21(19-11-7-4-8-12-19)15-18-9-5-3-6-10-18/h4,7-8,11-13,18,21H,3,5-6,9-10,14-15H2,1-2H3. The third-order valence-corrected chi connectivity index (χ3v) is 9.18. The normalized spacial score (nSPS) is 21.5. The van der Waals surface area contributed by atoms with Gasteiger partial charge in [-0.15, -0.1) is 0 Å². The zero-order valence-electron chi connectivity index (χ0n) is 13.6. The fourth-order valence-electron chi connectivity index (χ4n) is 4.27. The highest BCUT2D eigenvalue weighted by Crippen LogP contribution is 2.33. The second-order valence-corrected chi connectivity index (χ2v) is 10.0. The van der Waals surface area contributed by atoms with Crippen LogP contribution in [-0.4, -0.2) is 8.80 Å². The smallest absolute Gasteiger partial charge is 0.0720 e. The molecule has 0 spiro atoms. The van der Waals surface area contributed by atoms with Crippen LogP contribution >= 0.6 is 0 Å². The quantitative estimate of drug-likeness (QED) is 0.693. The van der Waals surface area contributed by atoms with Gasteiger partial charge in [-0.05, 0) is 32.2 Å². The van der Waals surface area contributed by atoms with E-state index in [-0.39, 0.29) is 0 Å². The molecule has 1 atom stereocenters. The van der Waals surface area contributed by atoms with Gasteiger partial charge in [0.1, 0.15) is 0 Å². The van der Waals surface area contributed by atoms with Gasteiger partial charge in [0.2, 0.25) is 0 Å². The Balaban J connectivity index is 1.83. The molecule has 0 nitrogen and oxygen atoms in total. The fourth-order valence-corrected chi connectivity index (χ4v) is 8.26. The minimum Gasteiger partial charge on any atom is -0.0720 e. The summed E-state index contributed by atoms with van der Waals surface area (Å²) in [7, 11) is -0.987. The van der Waals surface area contributed by atoms with Gasteiger partial charge in [0, 0.05) is 0 Å². The summed E-state index contributed by atoms with van der Waals surface area (Å²) < 4.78 is 0. The second kappa shape index (κ2) is 6.78. The van der Waals surface area contributed by atoms with E-state index < -0.39 is 8.80 Å². The molecular formula is C20H28Si. The molecule has 2 aliphatic rings. The van der Waals surface area contributed by atoms with Crippen molar-refractivity contribution in [2.75, 3.05) is 0 Å². The second-order valence-electron chi connectivity index (χ2n) is 7.08. The van der Waals surface area contributed by atoms with Crippen molar-refractivity contribution < 1.29 is 0 Å². The van der Waals surface area contributed by atoms with Gasteiger partial charge in [-0.25, -0.2) is 0 Å². The lowest BCUT2D eigenvalue weighted by Gasteiger charge is -2.27. The van der Waals surface area contributed by atoms with Crippen LogP contribution in [0, 0.1) is 5.92 Å². The third kappa shape index (κ3) is 3.57. The van der Waals surface area contributed by atoms with Gasteiger partial charge in [0.25, 0.3) is 0 Å². The number of hydrogen-bond donors (Lipinski definition) is 0. The molecule has 1 aromatic rings. The van der Waals surface area contributed by atoms with Crippen LogP contribution in [0.5, 0.6) is 0 Å². The number of allylic oxidation sites excluding steroid dienone is 4. The molecule has 0 aromatic heterocycles. The highest BCUT2D eigenvalue weighted by molar-refractivity contribution is 6.80. The maximum atomic E-state index is 2.43. The molecule has 1 fully saturated rings. The van der Waals surface area contributed by atoms with Gasteiger partial charge in [0.05, 0.1) is 8.80 Å². The lowest BCUT2D eigenvalue weighted by molar-refractivity contribution is 0.384. The van der Waals surface area contributed by atoms with E-state index >= 15 is 0 Å². The van der Waals surface area contributed by atoms with Crippen LogP contribution in [0.2, 0.25) is 6.04 Å². The Morgan fingerprint density at radius 2 is 1.71 bits per heavy atom. The van der Waals surface area contributed by atoms with Crippen molar-refractivity contribution in [2.45, 2.75) is 58.4 Å². The lowest BCUT2D eigenvalue weighted by atomic mass is 9.91. The molecule has 0 N–H and O–H groups in total. The first-order chi connectivity index (χ1) is 10.2. The Morgan fingerprint density at radius 1 is 1.00 bits per heavy atom. The Kier molecular flexibility index (Phi) is 4.79. The summed E-state index contributed by atoms with van der Waals surface area (Å²) in [5.41, 5.74) is 3.16. The van der Waals surface area contributed by atoms with Crippen molar-refractivity contribution in [3.05, 3.63) is 52.8 Å². The minimum absolute atomic E-state index is 0.987. The average molecular weight is 297 g/mol. The highest BCUT2D eigenvalue weighted by Gasteiger charge is 2.27. The SMILES string of the molecule is CC1=CC(C)=C([SiH](CC2CCCCC2)c2ccccc2)C1. The summed E-state index contributed by atoms with van der Waals surface area (Å²) in [4.78, 5) is 0. The van der Waals surface area contributed by atoms with Crippen LogP contribution in [-0.2, 0) is 0 Å². The van der Waals surface area contributed by atoms with E-state index in [2.05, 4.69) is 50.3 Å². The largest absolute Gasteiger partial charge is 0.0986 e. The zero-order valence-corrected chi connectivity index (χ0v) is 14.7. The topological polar surface area (TPSA) is 0 Å². The average Bonchev–Trinajstić information content (AvgIpc) is 2.85. The van der Waals surface area contributed by atoms with E-state index in [1.807, 2.05) is 5.20 Å². The van der Waals surface area contributed by atoms with Gasteiger partial charge < -0.3 is 0 Å². The van der Waals surface area contributed by atoms with Crippen molar-refractivity contribution in [1.82, 2.24) is 0 Å². The molecule has 3 rings (SSSR count). The Hall–Kier alpha value is -1.08. The summed E-state index contributed by atoms with van der Waals surface area (Å²) >= 11 is 0. The van der Waals surface area contributed by atoms with Crippen molar-refractivity contribution >= 4 is 14.0 Å². The van der Waals surface area contributed by atoms with Crippen molar-refractivity contribution in [1.29, 1.82) is 0 Å². The number of benzene rings is 1. The lowest BCUT2D eigenvalue weighted by Crippen LogP contribution is -2.35. The predicted octanol–water partition coefficient (Wildman–Crippen LogP) is 4.91. The summed E-state index contributed by atoms with van der Waals surface area (Å²) in [5, 5.41) is 3.49. The van der Waals surface area contributed by atoms with E-state index in [4.69, 9.17) is 0 Å². The molecular weight excluding hydrogens is 268 g/mol. The number of hydrogen-bond acceptors (Lipinski definition) is 0. The Labute approximate surface area is 131 Å². The molecule has 0 saturated heterocycles. The van der Waals surface area contributed by atoms with Crippen LogP contribution in [0.3, 0.4) is 0 Å². The van der Waals surface area contributed by atoms with Crippen LogP contribution < -0.4 is 5.19 Å². The zero-order chi connectivity index (χ0) is 14.7. The molecule has 112 valence electrons. The Morgan fingerprint density at radius 3 is 2.33 bits per heavy atom. The van der Waals surface area contributed by atoms with Crippen molar-refractivity contribution in [3.63, 3.8) is 0 Å². The third-order valence-electron chi connectivity index (χ3n) is 5.36. The fraction of sp³-hybridized carbons (Fsp3) is 0.500. The monoisotopic (exact) mass is 296 g/mol. The Bertz CT molecular complexity index is 532. The van der Waals surface area contributed by atoms with Crippen LogP contribution in [0.4, 0.5) is 0 Å². The van der Waals surface area contributed by atoms with E-state index in [1.165, 1.54) is 44.6 Å². The maximum absolute atomic E-state index is 2.43. The van der Waals surface area contributed by atoms with Crippen LogP contribution in [0.1, 0.15) is 52.4 Å². The molecule has 21 heavy (non-hydrogen) atoms. The molecule has 0 radical (unpaired) electrons. The maximum Gasteiger partial charge on any atom is 0.0986 e. The molecule has 0 aliphatic heterocycles. The van der Waals surface area contributed by atoms with Crippen molar-refractivity contribution in [2.24, 2.45) is 5.92 Å². The van der Waals surface area contributed by atoms with Gasteiger partial charge in [-0.2, -0.15) is 0 Å². The minimum atomic E-state index is -0.987. The predicted molar refractivity (Wildman–Crippen MR) is 95.7 cm³/mol. The van der Waals surface area contributed by atoms with Gasteiger partial charge >= 0.3 is 0 Å². The molecule has 0 amide bonds. The first-order valence-corrected chi connectivity index (χ1v) is 10.6. The molecule has 0 bridgehead atoms. The van der Waals surface area contributed by atoms with Crippen LogP contribution in [0.25, 0.3) is 0 Å².